The standard InChI is InChI=1S/C74H131NO13/c1-3-5-7-9-11-13-15-17-19-21-23-25-27-29-31-33-35-37-39-41-43-45-47-49-51-53-55-57-63(78)62(61-85-73-71(84)69(82)72(65(60-77)87-73)88-74-70(83)68(81)67(80)64(59-76)86-74)75-66(79)58-56-54-52-50-48-46-44-42-40-38-36-34-32-30-28-26-24-22-20-18-16-14-12-10-8-6-4-2/h6,8,12,14,18,20,24,26,30,32,36,38,55,57,62-65,67-74,76-78,80-84H,3-5,7,9-11,13,15-17,19,21-23,25,27-29,31,33-35,37,39-54,56,58-61H2,1-2H3,(H,75,79)/b8-6-,14-12-,20-18-,26-24-,32-30-,38-36-,57-55+. The van der Waals surface area contributed by atoms with Gasteiger partial charge in [-0.1, -0.05) is 292 Å². The molecule has 0 aromatic rings. The minimum atomic E-state index is -1.79. The van der Waals surface area contributed by atoms with Crippen LogP contribution in [0.1, 0.15) is 284 Å². The molecule has 12 atom stereocenters. The molecule has 2 aliphatic rings. The summed E-state index contributed by atoms with van der Waals surface area (Å²) >= 11 is 0. The van der Waals surface area contributed by atoms with E-state index in [1.807, 2.05) is 6.08 Å². The van der Waals surface area contributed by atoms with Crippen LogP contribution in [0.4, 0.5) is 0 Å². The zero-order valence-electron chi connectivity index (χ0n) is 55.4. The molecule has 0 bridgehead atoms. The predicted molar refractivity (Wildman–Crippen MR) is 360 cm³/mol. The summed E-state index contributed by atoms with van der Waals surface area (Å²) in [4.78, 5) is 13.3. The summed E-state index contributed by atoms with van der Waals surface area (Å²) in [5, 5.41) is 87.5. The summed E-state index contributed by atoms with van der Waals surface area (Å²) in [6.45, 7) is 2.71. The molecule has 0 aromatic carbocycles. The average molecular weight is 1240 g/mol. The number of nitrogens with one attached hydrogen (secondary N) is 1. The molecule has 0 aliphatic carbocycles. The monoisotopic (exact) mass is 1240 g/mol. The van der Waals surface area contributed by atoms with E-state index in [0.29, 0.717) is 6.42 Å². The summed E-state index contributed by atoms with van der Waals surface area (Å²) < 4.78 is 22.9. The first-order chi connectivity index (χ1) is 43.1. The minimum Gasteiger partial charge on any atom is -0.394 e. The number of hydrogen-bond donors (Lipinski definition) is 9. The van der Waals surface area contributed by atoms with E-state index in [1.165, 1.54) is 167 Å². The van der Waals surface area contributed by atoms with Crippen molar-refractivity contribution >= 4 is 5.91 Å². The molecule has 14 heteroatoms. The number of ether oxygens (including phenoxy) is 4. The van der Waals surface area contributed by atoms with Gasteiger partial charge in [0.05, 0.1) is 32.0 Å². The summed E-state index contributed by atoms with van der Waals surface area (Å²) in [7, 11) is 0. The van der Waals surface area contributed by atoms with Crippen molar-refractivity contribution in [3.8, 4) is 0 Å². The molecular formula is C74H131NO13. The largest absolute Gasteiger partial charge is 0.394 e. The molecule has 14 nitrogen and oxygen atoms in total. The highest BCUT2D eigenvalue weighted by molar-refractivity contribution is 5.76. The van der Waals surface area contributed by atoms with Crippen LogP contribution >= 0.6 is 0 Å². The van der Waals surface area contributed by atoms with E-state index in [9.17, 15) is 45.6 Å². The van der Waals surface area contributed by atoms with Crippen LogP contribution in [-0.2, 0) is 23.7 Å². The lowest BCUT2D eigenvalue weighted by Gasteiger charge is -2.46. The van der Waals surface area contributed by atoms with Crippen molar-refractivity contribution in [1.82, 2.24) is 5.32 Å². The molecule has 0 aromatic heterocycles. The summed E-state index contributed by atoms with van der Waals surface area (Å²) in [5.41, 5.74) is 0. The van der Waals surface area contributed by atoms with Gasteiger partial charge >= 0.3 is 0 Å². The topological polar surface area (TPSA) is 228 Å². The molecule has 510 valence electrons. The highest BCUT2D eigenvalue weighted by Crippen LogP contribution is 2.30. The van der Waals surface area contributed by atoms with Crippen molar-refractivity contribution in [1.29, 1.82) is 0 Å². The lowest BCUT2D eigenvalue weighted by molar-refractivity contribution is -0.359. The molecule has 1 amide bonds. The number of unbranched alkanes of at least 4 members (excludes halogenated alkanes) is 33. The molecule has 9 N–H and O–H groups in total. The number of rotatable bonds is 58. The Bertz CT molecular complexity index is 1800. The van der Waals surface area contributed by atoms with Crippen LogP contribution in [0.25, 0.3) is 0 Å². The number of carbonyl (C=O) groups is 1. The Labute approximate surface area is 535 Å². The van der Waals surface area contributed by atoms with Gasteiger partial charge in [0.25, 0.3) is 0 Å². The fraction of sp³-hybridized carbons (Fsp3) is 0.797. The Morgan fingerprint density at radius 2 is 0.784 bits per heavy atom. The van der Waals surface area contributed by atoms with Crippen LogP contribution in [-0.4, -0.2) is 140 Å². The fourth-order valence-electron chi connectivity index (χ4n) is 11.4. The smallest absolute Gasteiger partial charge is 0.220 e. The first kappa shape index (κ1) is 81.3. The SMILES string of the molecule is CC/C=C\C/C=C\C/C=C\C/C=C\C/C=C\C/C=C\CCCCCCCCCCC(=O)NC(COC1OC(CO)C(OC2OC(CO)C(O)C(O)C2O)C(O)C1O)C(O)/C=C/CCCCCCCCCCCCCCCCCCCCCCCCCCC. The van der Waals surface area contributed by atoms with Crippen LogP contribution in [0.5, 0.6) is 0 Å². The van der Waals surface area contributed by atoms with Crippen LogP contribution in [0.15, 0.2) is 85.1 Å². The van der Waals surface area contributed by atoms with Gasteiger partial charge in [-0.05, 0) is 70.6 Å². The molecule has 2 aliphatic heterocycles. The van der Waals surface area contributed by atoms with E-state index < -0.39 is 86.8 Å². The molecule has 88 heavy (non-hydrogen) atoms. The Hall–Kier alpha value is -2.83. The number of amides is 1. The maximum atomic E-state index is 13.3. The fourth-order valence-corrected chi connectivity index (χ4v) is 11.4. The normalized spacial score (nSPS) is 23.7. The second-order valence-electron chi connectivity index (χ2n) is 25.0. The Balaban J connectivity index is 1.69. The highest BCUT2D eigenvalue weighted by atomic mass is 16.7. The zero-order chi connectivity index (χ0) is 63.8. The van der Waals surface area contributed by atoms with Gasteiger partial charge in [0.15, 0.2) is 12.6 Å². The van der Waals surface area contributed by atoms with Crippen LogP contribution in [0, 0.1) is 0 Å². The van der Waals surface area contributed by atoms with Crippen molar-refractivity contribution in [2.24, 2.45) is 0 Å². The third-order valence-electron chi connectivity index (χ3n) is 17.1. The summed E-state index contributed by atoms with van der Waals surface area (Å²) in [6, 6.07) is -0.927. The van der Waals surface area contributed by atoms with Gasteiger partial charge in [0.2, 0.25) is 5.91 Å². The van der Waals surface area contributed by atoms with E-state index in [1.54, 1.807) is 6.08 Å². The molecule has 0 saturated carbocycles. The van der Waals surface area contributed by atoms with Gasteiger partial charge < -0.3 is 65.1 Å². The second-order valence-corrected chi connectivity index (χ2v) is 25.0. The van der Waals surface area contributed by atoms with E-state index in [-0.39, 0.29) is 18.9 Å². The molecule has 0 spiro atoms. The van der Waals surface area contributed by atoms with E-state index in [4.69, 9.17) is 18.9 Å². The van der Waals surface area contributed by atoms with E-state index in [0.717, 1.165) is 89.9 Å². The lowest BCUT2D eigenvalue weighted by Crippen LogP contribution is -2.65. The minimum absolute atomic E-state index is 0.248. The molecule has 2 fully saturated rings. The molecular weight excluding hydrogens is 1110 g/mol. The Kier molecular flexibility index (Phi) is 53.6. The molecule has 2 rings (SSSR count). The zero-order valence-corrected chi connectivity index (χ0v) is 55.4. The molecule has 0 radical (unpaired) electrons. The third kappa shape index (κ3) is 41.6. The van der Waals surface area contributed by atoms with Gasteiger partial charge in [0.1, 0.15) is 48.8 Å². The molecule has 12 unspecified atom stereocenters. The third-order valence-corrected chi connectivity index (χ3v) is 17.1. The maximum absolute atomic E-state index is 13.3. The number of aliphatic hydroxyl groups excluding tert-OH is 8. The predicted octanol–water partition coefficient (Wildman–Crippen LogP) is 14.8. The van der Waals surface area contributed by atoms with Gasteiger partial charge in [0, 0.05) is 6.42 Å². The maximum Gasteiger partial charge on any atom is 0.220 e. The van der Waals surface area contributed by atoms with Gasteiger partial charge in [-0.25, -0.2) is 0 Å². The van der Waals surface area contributed by atoms with Gasteiger partial charge in [-0.3, -0.25) is 4.79 Å². The number of carbonyl (C=O) groups excluding carboxylic acids is 1. The summed E-state index contributed by atoms with van der Waals surface area (Å²) in [6.07, 6.45) is 63.4. The Morgan fingerprint density at radius 1 is 0.420 bits per heavy atom. The second kappa shape index (κ2) is 58.0. The van der Waals surface area contributed by atoms with Crippen LogP contribution in [0.3, 0.4) is 0 Å². The molecule has 2 saturated heterocycles. The van der Waals surface area contributed by atoms with Crippen LogP contribution < -0.4 is 5.32 Å². The average Bonchev–Trinajstić information content (AvgIpc) is 1.93. The number of hydrogen-bond acceptors (Lipinski definition) is 13. The van der Waals surface area contributed by atoms with Crippen molar-refractivity contribution in [3.05, 3.63) is 85.1 Å². The van der Waals surface area contributed by atoms with Gasteiger partial charge in [-0.15, -0.1) is 0 Å². The van der Waals surface area contributed by atoms with Crippen LogP contribution in [0.2, 0.25) is 0 Å². The first-order valence-corrected chi connectivity index (χ1v) is 35.8. The van der Waals surface area contributed by atoms with E-state index in [2.05, 4.69) is 92.1 Å². The van der Waals surface area contributed by atoms with Crippen molar-refractivity contribution in [2.75, 3.05) is 19.8 Å². The summed E-state index contributed by atoms with van der Waals surface area (Å²) in [5.74, 6) is -0.248. The number of aliphatic hydroxyl groups is 8. The van der Waals surface area contributed by atoms with Crippen molar-refractivity contribution in [3.63, 3.8) is 0 Å². The van der Waals surface area contributed by atoms with Gasteiger partial charge in [-0.2, -0.15) is 0 Å². The number of allylic oxidation sites excluding steroid dienone is 13. The highest BCUT2D eigenvalue weighted by Gasteiger charge is 2.51. The Morgan fingerprint density at radius 3 is 1.20 bits per heavy atom. The molecule has 2 heterocycles. The van der Waals surface area contributed by atoms with Crippen molar-refractivity contribution in [2.45, 2.75) is 357 Å². The van der Waals surface area contributed by atoms with Crippen molar-refractivity contribution < 1.29 is 64.6 Å². The lowest BCUT2D eigenvalue weighted by atomic mass is 9.97. The van der Waals surface area contributed by atoms with E-state index >= 15 is 0 Å². The first-order valence-electron chi connectivity index (χ1n) is 35.8. The quantitative estimate of drug-likeness (QED) is 0.0204.